The maximum absolute atomic E-state index is 14.0. The first-order valence-electron chi connectivity index (χ1n) is 9.22. The van der Waals surface area contributed by atoms with E-state index in [0.29, 0.717) is 16.9 Å². The summed E-state index contributed by atoms with van der Waals surface area (Å²) in [6.07, 6.45) is 0.707. The third-order valence-electron chi connectivity index (χ3n) is 4.42. The topological polar surface area (TPSA) is 87.0 Å². The highest BCUT2D eigenvalue weighted by Gasteiger charge is 2.25. The van der Waals surface area contributed by atoms with Crippen LogP contribution in [0.4, 0.5) is 4.39 Å². The Bertz CT molecular complexity index is 1040. The van der Waals surface area contributed by atoms with Crippen molar-refractivity contribution in [2.45, 2.75) is 19.5 Å². The Morgan fingerprint density at radius 1 is 1.13 bits per heavy atom. The van der Waals surface area contributed by atoms with Gasteiger partial charge in [0.25, 0.3) is 5.91 Å². The van der Waals surface area contributed by atoms with Gasteiger partial charge in [0.15, 0.2) is 5.76 Å². The number of benzene rings is 2. The summed E-state index contributed by atoms with van der Waals surface area (Å²) in [5, 5.41) is 2.39. The summed E-state index contributed by atoms with van der Waals surface area (Å²) >= 11 is 0. The predicted octanol–water partition coefficient (Wildman–Crippen LogP) is 3.50. The highest BCUT2D eigenvalue weighted by Crippen LogP contribution is 2.36. The number of esters is 1. The normalized spacial score (nSPS) is 15.0. The average Bonchev–Trinajstić information content (AvgIpc) is 3.31. The number of ether oxygens (including phenoxy) is 3. The van der Waals surface area contributed by atoms with Crippen LogP contribution in [0.5, 0.6) is 5.75 Å². The van der Waals surface area contributed by atoms with Gasteiger partial charge in [-0.2, -0.15) is 0 Å². The molecule has 8 heteroatoms. The molecule has 0 radical (unpaired) electrons. The number of hydrogen-bond acceptors (Lipinski definition) is 6. The van der Waals surface area contributed by atoms with Crippen LogP contribution in [-0.2, 0) is 27.5 Å². The fraction of sp³-hybridized carbons (Fsp3) is 0.182. The maximum Gasteiger partial charge on any atom is 0.325 e. The fourth-order valence-corrected chi connectivity index (χ4v) is 3.02. The second-order valence-corrected chi connectivity index (χ2v) is 6.55. The van der Waals surface area contributed by atoms with Crippen molar-refractivity contribution in [3.05, 3.63) is 89.1 Å². The molecule has 2 aromatic carbocycles. The van der Waals surface area contributed by atoms with Crippen molar-refractivity contribution in [2.75, 3.05) is 6.54 Å². The number of hydrogen-bond donors (Lipinski definition) is 1. The summed E-state index contributed by atoms with van der Waals surface area (Å²) in [4.78, 5) is 23.8. The number of carbonyl (C=O) groups excluding carboxylic acids is 2. The summed E-state index contributed by atoms with van der Waals surface area (Å²) in [5.74, 6) is -1.20. The molecule has 1 aromatic heterocycles. The fourth-order valence-electron chi connectivity index (χ4n) is 3.02. The quantitative estimate of drug-likeness (QED) is 0.625. The minimum absolute atomic E-state index is 0.0855. The van der Waals surface area contributed by atoms with Crippen molar-refractivity contribution in [3.63, 3.8) is 0 Å². The summed E-state index contributed by atoms with van der Waals surface area (Å²) in [6, 6.07) is 14.9. The first-order valence-corrected chi connectivity index (χ1v) is 9.22. The van der Waals surface area contributed by atoms with Crippen LogP contribution >= 0.6 is 0 Å². The van der Waals surface area contributed by atoms with E-state index in [9.17, 15) is 14.0 Å². The number of fused-ring (bicyclic) bond motifs is 1. The Labute approximate surface area is 171 Å². The number of furan rings is 1. The standard InChI is InChI=1S/C22H18FNO6/c23-17-9-15(12-28-19(25)11-24-21(26)18-7-4-8-27-18)20-16(10-17)13-29-22(30-20)14-5-2-1-3-6-14/h1-10,22H,11-13H2,(H,24,26)/t22-/m0/s1. The van der Waals surface area contributed by atoms with E-state index in [4.69, 9.17) is 18.6 Å². The maximum atomic E-state index is 14.0. The molecule has 1 aliphatic heterocycles. The lowest BCUT2D eigenvalue weighted by atomic mass is 10.1. The molecule has 0 saturated carbocycles. The third-order valence-corrected chi connectivity index (χ3v) is 4.42. The van der Waals surface area contributed by atoms with Crippen LogP contribution in [0.1, 0.15) is 33.5 Å². The molecule has 1 amide bonds. The van der Waals surface area contributed by atoms with E-state index in [0.717, 1.165) is 5.56 Å². The van der Waals surface area contributed by atoms with Crippen molar-refractivity contribution in [3.8, 4) is 5.75 Å². The first-order chi connectivity index (χ1) is 14.6. The van der Waals surface area contributed by atoms with Gasteiger partial charge in [-0.1, -0.05) is 30.3 Å². The van der Waals surface area contributed by atoms with Crippen molar-refractivity contribution < 1.29 is 32.6 Å². The summed E-state index contributed by atoms with van der Waals surface area (Å²) in [6.45, 7) is -0.405. The lowest BCUT2D eigenvalue weighted by molar-refractivity contribution is -0.144. The predicted molar refractivity (Wildman–Crippen MR) is 102 cm³/mol. The minimum Gasteiger partial charge on any atom is -0.460 e. The zero-order valence-electron chi connectivity index (χ0n) is 15.8. The molecule has 0 bridgehead atoms. The van der Waals surface area contributed by atoms with Gasteiger partial charge < -0.3 is 23.9 Å². The third kappa shape index (κ3) is 4.49. The van der Waals surface area contributed by atoms with Crippen LogP contribution in [-0.4, -0.2) is 18.4 Å². The second kappa shape index (κ2) is 8.79. The van der Waals surface area contributed by atoms with Gasteiger partial charge in [0.05, 0.1) is 12.9 Å². The van der Waals surface area contributed by atoms with E-state index in [1.54, 1.807) is 6.07 Å². The number of halogens is 1. The lowest BCUT2D eigenvalue weighted by Gasteiger charge is -2.28. The zero-order valence-corrected chi connectivity index (χ0v) is 15.8. The molecular formula is C22H18FNO6. The van der Waals surface area contributed by atoms with Gasteiger partial charge >= 0.3 is 5.97 Å². The number of rotatable bonds is 6. The van der Waals surface area contributed by atoms with Crippen molar-refractivity contribution in [1.29, 1.82) is 0 Å². The smallest absolute Gasteiger partial charge is 0.325 e. The molecule has 1 atom stereocenters. The van der Waals surface area contributed by atoms with Crippen LogP contribution in [0.15, 0.2) is 65.3 Å². The molecule has 2 heterocycles. The molecule has 4 rings (SSSR count). The van der Waals surface area contributed by atoms with Gasteiger partial charge in [0.2, 0.25) is 6.29 Å². The minimum atomic E-state index is -0.681. The van der Waals surface area contributed by atoms with Gasteiger partial charge in [-0.25, -0.2) is 4.39 Å². The molecule has 0 unspecified atom stereocenters. The number of nitrogens with one attached hydrogen (secondary N) is 1. The highest BCUT2D eigenvalue weighted by atomic mass is 19.1. The zero-order chi connectivity index (χ0) is 20.9. The summed E-state index contributed by atoms with van der Waals surface area (Å²) in [5.41, 5.74) is 1.72. The number of amides is 1. The Morgan fingerprint density at radius 2 is 1.97 bits per heavy atom. The molecular weight excluding hydrogens is 393 g/mol. The van der Waals surface area contributed by atoms with Crippen molar-refractivity contribution in [1.82, 2.24) is 5.32 Å². The van der Waals surface area contributed by atoms with E-state index in [2.05, 4.69) is 5.32 Å². The van der Waals surface area contributed by atoms with Gasteiger partial charge in [-0.15, -0.1) is 0 Å². The Balaban J connectivity index is 1.40. The molecule has 0 aliphatic carbocycles. The van der Waals surface area contributed by atoms with Gasteiger partial charge in [0.1, 0.15) is 24.7 Å². The van der Waals surface area contributed by atoms with Gasteiger partial charge in [-0.3, -0.25) is 9.59 Å². The lowest BCUT2D eigenvalue weighted by Crippen LogP contribution is -2.30. The van der Waals surface area contributed by atoms with Crippen LogP contribution in [0, 0.1) is 5.82 Å². The van der Waals surface area contributed by atoms with E-state index < -0.39 is 24.0 Å². The highest BCUT2D eigenvalue weighted by molar-refractivity contribution is 5.93. The summed E-state index contributed by atoms with van der Waals surface area (Å²) < 4.78 is 35.7. The van der Waals surface area contributed by atoms with E-state index >= 15 is 0 Å². The van der Waals surface area contributed by atoms with Crippen molar-refractivity contribution in [2.24, 2.45) is 0 Å². The Hall–Kier alpha value is -3.65. The second-order valence-electron chi connectivity index (χ2n) is 6.55. The van der Waals surface area contributed by atoms with Crippen LogP contribution in [0.25, 0.3) is 0 Å². The van der Waals surface area contributed by atoms with Crippen LogP contribution in [0.2, 0.25) is 0 Å². The van der Waals surface area contributed by atoms with Gasteiger partial charge in [0, 0.05) is 16.7 Å². The van der Waals surface area contributed by atoms with E-state index in [1.807, 2.05) is 30.3 Å². The average molecular weight is 411 g/mol. The number of carbonyl (C=O) groups is 2. The summed E-state index contributed by atoms with van der Waals surface area (Å²) in [7, 11) is 0. The molecule has 30 heavy (non-hydrogen) atoms. The molecule has 7 nitrogen and oxygen atoms in total. The largest absolute Gasteiger partial charge is 0.460 e. The Kier molecular flexibility index (Phi) is 5.76. The molecule has 3 aromatic rings. The molecule has 1 N–H and O–H groups in total. The molecule has 0 saturated heterocycles. The van der Waals surface area contributed by atoms with Crippen molar-refractivity contribution >= 4 is 11.9 Å². The monoisotopic (exact) mass is 411 g/mol. The molecule has 0 fully saturated rings. The van der Waals surface area contributed by atoms with E-state index in [-0.39, 0.29) is 25.5 Å². The van der Waals surface area contributed by atoms with E-state index in [1.165, 1.54) is 24.5 Å². The molecule has 0 spiro atoms. The first kappa shape index (κ1) is 19.7. The van der Waals surface area contributed by atoms with Gasteiger partial charge in [-0.05, 0) is 24.3 Å². The Morgan fingerprint density at radius 3 is 2.73 bits per heavy atom. The van der Waals surface area contributed by atoms with Crippen LogP contribution in [0.3, 0.4) is 0 Å². The molecule has 154 valence electrons. The SMILES string of the molecule is O=C(CNC(=O)c1ccco1)OCc1cc(F)cc2c1O[C@@H](c1ccccc1)OC2. The molecule has 1 aliphatic rings. The van der Waals surface area contributed by atoms with Crippen LogP contribution < -0.4 is 10.1 Å².